The first-order chi connectivity index (χ1) is 8.09. The average Bonchev–Trinajstić information content (AvgIpc) is 3.11. The lowest BCUT2D eigenvalue weighted by molar-refractivity contribution is 0.0955. The van der Waals surface area contributed by atoms with Crippen molar-refractivity contribution in [3.63, 3.8) is 0 Å². The molecule has 1 fully saturated rings. The molecule has 1 saturated heterocycles. The number of Topliss-reactive ketones (excluding diaryl/α,β-unsaturated/α-hetero) is 2. The van der Waals surface area contributed by atoms with Crippen LogP contribution in [-0.4, -0.2) is 34.5 Å². The second-order valence-electron chi connectivity index (χ2n) is 4.26. The third-order valence-corrected chi connectivity index (χ3v) is 2.97. The topological polar surface area (TPSA) is 76.1 Å². The summed E-state index contributed by atoms with van der Waals surface area (Å²) in [5.41, 5.74) is 7.37. The number of carbonyl (C=O) groups is 2. The van der Waals surface area contributed by atoms with Gasteiger partial charge in [0, 0.05) is 18.8 Å². The number of ketones is 2. The first-order valence-corrected chi connectivity index (χ1v) is 5.41. The number of rotatable bonds is 1. The Hall–Kier alpha value is -2.17. The van der Waals surface area contributed by atoms with Crippen LogP contribution in [0.3, 0.4) is 0 Å². The van der Waals surface area contributed by atoms with E-state index in [0.717, 1.165) is 18.8 Å². The second kappa shape index (κ2) is 3.16. The van der Waals surface area contributed by atoms with Gasteiger partial charge in [-0.25, -0.2) is 4.98 Å². The molecular weight excluding hydrogens is 218 g/mol. The number of carbonyl (C=O) groups excluding carboxylic acids is 2. The lowest BCUT2D eigenvalue weighted by Crippen LogP contribution is -2.30. The Morgan fingerprint density at radius 1 is 1.24 bits per heavy atom. The molecule has 0 amide bonds. The molecule has 2 heterocycles. The second-order valence-corrected chi connectivity index (χ2v) is 4.26. The van der Waals surface area contributed by atoms with E-state index in [1.165, 1.54) is 0 Å². The van der Waals surface area contributed by atoms with Crippen molar-refractivity contribution < 1.29 is 9.59 Å². The number of hydrogen-bond acceptors (Lipinski definition) is 5. The van der Waals surface area contributed by atoms with E-state index in [9.17, 15) is 9.59 Å². The number of nitrogens with zero attached hydrogens (tertiary/aromatic N) is 2. The van der Waals surface area contributed by atoms with Crippen LogP contribution in [0.25, 0.3) is 0 Å². The molecule has 5 nitrogen and oxygen atoms in total. The minimum Gasteiger partial charge on any atom is -0.394 e. The summed E-state index contributed by atoms with van der Waals surface area (Å²) in [5, 5.41) is 0. The van der Waals surface area contributed by atoms with E-state index in [1.807, 2.05) is 0 Å². The monoisotopic (exact) mass is 229 g/mol. The quantitative estimate of drug-likeness (QED) is 0.699. The van der Waals surface area contributed by atoms with E-state index < -0.39 is 0 Å². The Balaban J connectivity index is 2.21. The SMILES string of the molecule is Cc1ccc2c(n1)C(=O)C(N1CC1)=C(N)C2=O. The normalized spacial score (nSPS) is 18.5. The molecule has 0 saturated carbocycles. The molecule has 5 heteroatoms. The molecule has 0 unspecified atom stereocenters. The van der Waals surface area contributed by atoms with Gasteiger partial charge in [-0.15, -0.1) is 0 Å². The van der Waals surface area contributed by atoms with E-state index in [0.29, 0.717) is 11.3 Å². The molecule has 17 heavy (non-hydrogen) atoms. The number of nitrogens with two attached hydrogens (primary N) is 1. The van der Waals surface area contributed by atoms with Gasteiger partial charge >= 0.3 is 0 Å². The van der Waals surface area contributed by atoms with Crippen LogP contribution in [0.5, 0.6) is 0 Å². The maximum atomic E-state index is 12.2. The zero-order valence-corrected chi connectivity index (χ0v) is 9.36. The van der Waals surface area contributed by atoms with Crippen molar-refractivity contribution >= 4 is 11.6 Å². The third kappa shape index (κ3) is 1.35. The van der Waals surface area contributed by atoms with Crippen molar-refractivity contribution in [2.24, 2.45) is 5.73 Å². The van der Waals surface area contributed by atoms with Gasteiger partial charge in [0.15, 0.2) is 0 Å². The van der Waals surface area contributed by atoms with Crippen LogP contribution >= 0.6 is 0 Å². The smallest absolute Gasteiger partial charge is 0.230 e. The lowest BCUT2D eigenvalue weighted by Gasteiger charge is -2.18. The van der Waals surface area contributed by atoms with E-state index >= 15 is 0 Å². The third-order valence-electron chi connectivity index (χ3n) is 2.97. The molecule has 86 valence electrons. The standard InChI is InChI=1S/C12H11N3O2/c1-6-2-3-7-9(14-6)12(17)10(15-4-5-15)8(13)11(7)16/h2-3H,4-5,13H2,1H3. The van der Waals surface area contributed by atoms with Gasteiger partial charge in [-0.1, -0.05) is 0 Å². The number of fused-ring (bicyclic) bond motifs is 1. The molecule has 0 bridgehead atoms. The summed E-state index contributed by atoms with van der Waals surface area (Å²) in [6.07, 6.45) is 0. The van der Waals surface area contributed by atoms with Crippen LogP contribution in [0.15, 0.2) is 23.5 Å². The van der Waals surface area contributed by atoms with E-state index in [4.69, 9.17) is 5.73 Å². The molecular formula is C12H11N3O2. The molecule has 2 N–H and O–H groups in total. The predicted octanol–water partition coefficient (Wildman–Crippen LogP) is 0.255. The summed E-state index contributed by atoms with van der Waals surface area (Å²) in [6, 6.07) is 3.32. The van der Waals surface area contributed by atoms with Gasteiger partial charge in [-0.2, -0.15) is 0 Å². The fraction of sp³-hybridized carbons (Fsp3) is 0.250. The Kier molecular flexibility index (Phi) is 1.86. The van der Waals surface area contributed by atoms with E-state index in [2.05, 4.69) is 4.98 Å². The van der Waals surface area contributed by atoms with E-state index in [1.54, 1.807) is 24.0 Å². The molecule has 3 rings (SSSR count). The Morgan fingerprint density at radius 2 is 1.94 bits per heavy atom. The van der Waals surface area contributed by atoms with E-state index in [-0.39, 0.29) is 23.0 Å². The van der Waals surface area contributed by atoms with Crippen LogP contribution in [0.4, 0.5) is 0 Å². The molecule has 1 aliphatic carbocycles. The molecule has 2 aliphatic rings. The van der Waals surface area contributed by atoms with Gasteiger partial charge in [0.2, 0.25) is 11.6 Å². The fourth-order valence-electron chi connectivity index (χ4n) is 1.99. The van der Waals surface area contributed by atoms with Crippen LogP contribution in [-0.2, 0) is 0 Å². The molecule has 1 aliphatic heterocycles. The number of aromatic nitrogens is 1. The minimum absolute atomic E-state index is 0.0469. The zero-order valence-electron chi connectivity index (χ0n) is 9.36. The summed E-state index contributed by atoms with van der Waals surface area (Å²) in [6.45, 7) is 3.34. The minimum atomic E-state index is -0.297. The van der Waals surface area contributed by atoms with Gasteiger partial charge in [0.1, 0.15) is 17.1 Å². The Labute approximate surface area is 97.9 Å². The van der Waals surface area contributed by atoms with Crippen LogP contribution < -0.4 is 5.73 Å². The Bertz CT molecular complexity index is 585. The molecule has 1 aromatic rings. The molecule has 0 atom stereocenters. The molecule has 0 spiro atoms. The summed E-state index contributed by atoms with van der Waals surface area (Å²) in [5.74, 6) is -0.535. The van der Waals surface area contributed by atoms with Gasteiger partial charge in [0.05, 0.1) is 5.56 Å². The first kappa shape index (κ1) is 10.0. The summed E-state index contributed by atoms with van der Waals surface area (Å²) in [4.78, 5) is 30.2. The highest BCUT2D eigenvalue weighted by atomic mass is 16.1. The number of aryl methyl sites for hydroxylation is 1. The van der Waals surface area contributed by atoms with Gasteiger partial charge < -0.3 is 10.6 Å². The average molecular weight is 229 g/mol. The highest BCUT2D eigenvalue weighted by Crippen LogP contribution is 2.28. The summed E-state index contributed by atoms with van der Waals surface area (Å²) in [7, 11) is 0. The van der Waals surface area contributed by atoms with Crippen LogP contribution in [0.1, 0.15) is 26.5 Å². The van der Waals surface area contributed by atoms with Crippen LogP contribution in [0, 0.1) is 6.92 Å². The highest BCUT2D eigenvalue weighted by Gasteiger charge is 2.38. The molecule has 0 radical (unpaired) electrons. The maximum absolute atomic E-state index is 12.2. The van der Waals surface area contributed by atoms with Crippen molar-refractivity contribution in [2.75, 3.05) is 13.1 Å². The first-order valence-electron chi connectivity index (χ1n) is 5.41. The number of hydrogen-bond donors (Lipinski definition) is 1. The largest absolute Gasteiger partial charge is 0.394 e. The van der Waals surface area contributed by atoms with Gasteiger partial charge in [-0.3, -0.25) is 9.59 Å². The van der Waals surface area contributed by atoms with Crippen molar-refractivity contribution in [2.45, 2.75) is 6.92 Å². The summed E-state index contributed by atoms with van der Waals surface area (Å²) >= 11 is 0. The molecule has 0 aromatic carbocycles. The van der Waals surface area contributed by atoms with Crippen LogP contribution in [0.2, 0.25) is 0 Å². The van der Waals surface area contributed by atoms with Gasteiger partial charge in [-0.05, 0) is 19.1 Å². The summed E-state index contributed by atoms with van der Waals surface area (Å²) < 4.78 is 0. The number of allylic oxidation sites excluding steroid dienone is 2. The fourth-order valence-corrected chi connectivity index (χ4v) is 1.99. The lowest BCUT2D eigenvalue weighted by atomic mass is 9.94. The van der Waals surface area contributed by atoms with Crippen molar-refractivity contribution in [3.05, 3.63) is 40.5 Å². The maximum Gasteiger partial charge on any atom is 0.230 e. The van der Waals surface area contributed by atoms with Gasteiger partial charge in [0.25, 0.3) is 0 Å². The molecule has 1 aromatic heterocycles. The predicted molar refractivity (Wildman–Crippen MR) is 60.4 cm³/mol. The van der Waals surface area contributed by atoms with Crippen molar-refractivity contribution in [1.82, 2.24) is 9.88 Å². The van der Waals surface area contributed by atoms with Crippen molar-refractivity contribution in [3.8, 4) is 0 Å². The number of pyridine rings is 1. The zero-order chi connectivity index (χ0) is 12.2. The van der Waals surface area contributed by atoms with Crippen molar-refractivity contribution in [1.29, 1.82) is 0 Å². The Morgan fingerprint density at radius 3 is 2.59 bits per heavy atom. The highest BCUT2D eigenvalue weighted by molar-refractivity contribution is 6.25.